The summed E-state index contributed by atoms with van der Waals surface area (Å²) in [7, 11) is -3.74. The fourth-order valence-electron chi connectivity index (χ4n) is 3.17. The lowest BCUT2D eigenvalue weighted by atomic mass is 10.2. The summed E-state index contributed by atoms with van der Waals surface area (Å²) in [6.45, 7) is 2.92. The summed E-state index contributed by atoms with van der Waals surface area (Å²) in [5.74, 6) is -0.476. The first-order chi connectivity index (χ1) is 14.3. The van der Waals surface area contributed by atoms with Crippen LogP contribution in [-0.4, -0.2) is 41.9 Å². The van der Waals surface area contributed by atoms with Crippen molar-refractivity contribution in [3.8, 4) is 10.6 Å². The van der Waals surface area contributed by atoms with Gasteiger partial charge in [-0.3, -0.25) is 10.1 Å². The Balaban J connectivity index is 1.55. The second-order valence-electron chi connectivity index (χ2n) is 6.99. The van der Waals surface area contributed by atoms with Crippen LogP contribution in [0.4, 0.5) is 5.13 Å². The van der Waals surface area contributed by atoms with Crippen molar-refractivity contribution >= 4 is 44.0 Å². The number of sulfonamides is 1. The maximum Gasteiger partial charge on any atom is 0.257 e. The van der Waals surface area contributed by atoms with Crippen LogP contribution in [0.1, 0.15) is 28.8 Å². The molecule has 156 valence electrons. The largest absolute Gasteiger partial charge is 0.296 e. The average molecular weight is 463 g/mol. The van der Waals surface area contributed by atoms with Gasteiger partial charge in [0.25, 0.3) is 5.91 Å². The standard InChI is InChI=1S/C20H19ClN4O3S2/c1-13-4-6-14(7-5-13)19-23-24-20(29-19)22-18(26)15-8-9-16(21)17(12-15)30(27,28)25-10-2-3-11-25/h4-9,12H,2-3,10-11H2,1H3,(H,22,24,26). The summed E-state index contributed by atoms with van der Waals surface area (Å²) in [5.41, 5.74) is 2.23. The molecule has 7 nitrogen and oxygen atoms in total. The first-order valence-electron chi connectivity index (χ1n) is 9.36. The van der Waals surface area contributed by atoms with Gasteiger partial charge in [0.15, 0.2) is 0 Å². The molecule has 3 aromatic rings. The number of nitrogens with zero attached hydrogens (tertiary/aromatic N) is 3. The Hall–Kier alpha value is -2.33. The van der Waals surface area contributed by atoms with E-state index in [1.54, 1.807) is 0 Å². The van der Waals surface area contributed by atoms with Gasteiger partial charge in [0, 0.05) is 24.2 Å². The Morgan fingerprint density at radius 1 is 1.10 bits per heavy atom. The van der Waals surface area contributed by atoms with Crippen molar-refractivity contribution in [1.82, 2.24) is 14.5 Å². The predicted molar refractivity (Wildman–Crippen MR) is 117 cm³/mol. The van der Waals surface area contributed by atoms with Gasteiger partial charge in [0.2, 0.25) is 15.2 Å². The van der Waals surface area contributed by atoms with E-state index in [2.05, 4.69) is 15.5 Å². The molecule has 0 radical (unpaired) electrons. The predicted octanol–water partition coefficient (Wildman–Crippen LogP) is 4.20. The highest BCUT2D eigenvalue weighted by Crippen LogP contribution is 2.30. The van der Waals surface area contributed by atoms with Crippen molar-refractivity contribution in [2.45, 2.75) is 24.7 Å². The van der Waals surface area contributed by atoms with Gasteiger partial charge in [-0.1, -0.05) is 52.8 Å². The number of anilines is 1. The number of rotatable bonds is 5. The minimum absolute atomic E-state index is 0.0590. The Bertz CT molecular complexity index is 1190. The van der Waals surface area contributed by atoms with E-state index in [1.807, 2.05) is 31.2 Å². The number of carbonyl (C=O) groups is 1. The molecule has 1 aliphatic rings. The molecule has 0 bridgehead atoms. The lowest BCUT2D eigenvalue weighted by Gasteiger charge is -2.17. The minimum Gasteiger partial charge on any atom is -0.296 e. The number of amides is 1. The molecule has 1 aromatic heterocycles. The summed E-state index contributed by atoms with van der Waals surface area (Å²) in [6.07, 6.45) is 1.63. The molecule has 0 unspecified atom stereocenters. The van der Waals surface area contributed by atoms with Crippen LogP contribution in [0.15, 0.2) is 47.4 Å². The van der Waals surface area contributed by atoms with E-state index in [-0.39, 0.29) is 15.5 Å². The van der Waals surface area contributed by atoms with Crippen molar-refractivity contribution in [2.75, 3.05) is 18.4 Å². The fourth-order valence-corrected chi connectivity index (χ4v) is 5.93. The quantitative estimate of drug-likeness (QED) is 0.613. The van der Waals surface area contributed by atoms with E-state index >= 15 is 0 Å². The van der Waals surface area contributed by atoms with Crippen molar-refractivity contribution in [2.24, 2.45) is 0 Å². The molecule has 30 heavy (non-hydrogen) atoms. The average Bonchev–Trinajstić information content (AvgIpc) is 3.41. The molecule has 1 fully saturated rings. The lowest BCUT2D eigenvalue weighted by Crippen LogP contribution is -2.28. The smallest absolute Gasteiger partial charge is 0.257 e. The Morgan fingerprint density at radius 3 is 2.50 bits per heavy atom. The number of hydrogen-bond acceptors (Lipinski definition) is 6. The molecule has 0 spiro atoms. The molecule has 0 atom stereocenters. The van der Waals surface area contributed by atoms with E-state index in [9.17, 15) is 13.2 Å². The molecular weight excluding hydrogens is 444 g/mol. The molecule has 1 aliphatic heterocycles. The first-order valence-corrected chi connectivity index (χ1v) is 12.0. The summed E-state index contributed by atoms with van der Waals surface area (Å²) in [5, 5.41) is 11.9. The molecule has 10 heteroatoms. The number of hydrogen-bond donors (Lipinski definition) is 1. The van der Waals surface area contributed by atoms with Gasteiger partial charge in [-0.05, 0) is 38.0 Å². The number of nitrogens with one attached hydrogen (secondary N) is 1. The Kier molecular flexibility index (Phi) is 5.88. The lowest BCUT2D eigenvalue weighted by molar-refractivity contribution is 0.102. The maximum absolute atomic E-state index is 12.9. The number of carbonyl (C=O) groups excluding carboxylic acids is 1. The van der Waals surface area contributed by atoms with Crippen molar-refractivity contribution in [3.05, 3.63) is 58.6 Å². The van der Waals surface area contributed by atoms with Crippen molar-refractivity contribution < 1.29 is 13.2 Å². The molecule has 2 heterocycles. The van der Waals surface area contributed by atoms with Gasteiger partial charge in [-0.15, -0.1) is 10.2 Å². The van der Waals surface area contributed by atoms with Crippen molar-refractivity contribution in [1.29, 1.82) is 0 Å². The van der Waals surface area contributed by atoms with Gasteiger partial charge in [-0.25, -0.2) is 8.42 Å². The van der Waals surface area contributed by atoms with Crippen LogP contribution in [0.5, 0.6) is 0 Å². The third-order valence-electron chi connectivity index (χ3n) is 4.82. The highest BCUT2D eigenvalue weighted by atomic mass is 35.5. The second-order valence-corrected chi connectivity index (χ2v) is 10.3. The number of halogens is 1. The van der Waals surface area contributed by atoms with Crippen LogP contribution in [0.3, 0.4) is 0 Å². The number of aryl methyl sites for hydroxylation is 1. The highest BCUT2D eigenvalue weighted by molar-refractivity contribution is 7.89. The molecule has 4 rings (SSSR count). The topological polar surface area (TPSA) is 92.3 Å². The zero-order valence-corrected chi connectivity index (χ0v) is 18.5. The number of aromatic nitrogens is 2. The first kappa shape index (κ1) is 20.9. The van der Waals surface area contributed by atoms with Crippen LogP contribution in [0.25, 0.3) is 10.6 Å². The van der Waals surface area contributed by atoms with Crippen LogP contribution < -0.4 is 5.32 Å². The van der Waals surface area contributed by atoms with Crippen LogP contribution in [0.2, 0.25) is 5.02 Å². The van der Waals surface area contributed by atoms with E-state index in [4.69, 9.17) is 11.6 Å². The van der Waals surface area contributed by atoms with Gasteiger partial charge < -0.3 is 0 Å². The molecule has 2 aromatic carbocycles. The molecule has 0 aliphatic carbocycles. The van der Waals surface area contributed by atoms with Gasteiger partial charge in [0.1, 0.15) is 9.90 Å². The summed E-state index contributed by atoms with van der Waals surface area (Å²) in [4.78, 5) is 12.6. The van der Waals surface area contributed by atoms with Crippen LogP contribution in [-0.2, 0) is 10.0 Å². The van der Waals surface area contributed by atoms with Crippen LogP contribution >= 0.6 is 22.9 Å². The zero-order valence-electron chi connectivity index (χ0n) is 16.1. The molecule has 0 saturated carbocycles. The van der Waals surface area contributed by atoms with E-state index in [0.717, 1.165) is 24.0 Å². The van der Waals surface area contributed by atoms with E-state index in [1.165, 1.54) is 33.8 Å². The minimum atomic E-state index is -3.74. The van der Waals surface area contributed by atoms with Gasteiger partial charge in [-0.2, -0.15) is 4.31 Å². The Morgan fingerprint density at radius 2 is 1.80 bits per heavy atom. The van der Waals surface area contributed by atoms with Crippen molar-refractivity contribution in [3.63, 3.8) is 0 Å². The monoisotopic (exact) mass is 462 g/mol. The highest BCUT2D eigenvalue weighted by Gasteiger charge is 2.29. The van der Waals surface area contributed by atoms with E-state index < -0.39 is 15.9 Å². The summed E-state index contributed by atoms with van der Waals surface area (Å²) in [6, 6.07) is 12.1. The second kappa shape index (κ2) is 8.43. The summed E-state index contributed by atoms with van der Waals surface area (Å²) < 4.78 is 27.1. The van der Waals surface area contributed by atoms with E-state index in [0.29, 0.717) is 23.2 Å². The fraction of sp³-hybridized carbons (Fsp3) is 0.250. The molecule has 1 saturated heterocycles. The normalized spacial score (nSPS) is 14.7. The molecule has 1 amide bonds. The number of benzene rings is 2. The molecule has 1 N–H and O–H groups in total. The van der Waals surface area contributed by atoms with Crippen LogP contribution in [0, 0.1) is 6.92 Å². The third kappa shape index (κ3) is 4.24. The van der Waals surface area contributed by atoms with Gasteiger partial charge in [0.05, 0.1) is 5.02 Å². The molecular formula is C20H19ClN4O3S2. The Labute approximate surface area is 183 Å². The zero-order chi connectivity index (χ0) is 21.3. The summed E-state index contributed by atoms with van der Waals surface area (Å²) >= 11 is 7.39. The maximum atomic E-state index is 12.9. The SMILES string of the molecule is Cc1ccc(-c2nnc(NC(=O)c3ccc(Cl)c(S(=O)(=O)N4CCCC4)c3)s2)cc1. The van der Waals surface area contributed by atoms with Gasteiger partial charge >= 0.3 is 0 Å². The third-order valence-corrected chi connectivity index (χ3v) is 8.09.